The highest BCUT2D eigenvalue weighted by atomic mass is 15.1. The molecular formula is C55H37N5. The summed E-state index contributed by atoms with van der Waals surface area (Å²) in [5, 5.41) is 0. The molecule has 0 atom stereocenters. The van der Waals surface area contributed by atoms with E-state index >= 15 is 0 Å². The van der Waals surface area contributed by atoms with Crippen molar-refractivity contribution >= 4 is 22.1 Å². The van der Waals surface area contributed by atoms with E-state index < -0.39 is 0 Å². The third-order valence-electron chi connectivity index (χ3n) is 11.2. The minimum atomic E-state index is 0.899. The molecule has 8 aromatic carbocycles. The summed E-state index contributed by atoms with van der Waals surface area (Å²) in [6, 6.07) is 78.4. The van der Waals surface area contributed by atoms with Gasteiger partial charge in [0.15, 0.2) is 0 Å². The zero-order valence-corrected chi connectivity index (χ0v) is 32.6. The molecule has 0 amide bonds. The predicted octanol–water partition coefficient (Wildman–Crippen LogP) is 13.8. The van der Waals surface area contributed by atoms with E-state index in [1.54, 1.807) is 0 Å². The second kappa shape index (κ2) is 15.0. The third-order valence-corrected chi connectivity index (χ3v) is 11.2. The number of imidazole rings is 2. The summed E-state index contributed by atoms with van der Waals surface area (Å²) in [5.41, 5.74) is 16.5. The predicted molar refractivity (Wildman–Crippen MR) is 246 cm³/mol. The zero-order valence-electron chi connectivity index (χ0n) is 32.6. The van der Waals surface area contributed by atoms with E-state index in [1.807, 2.05) is 24.3 Å². The van der Waals surface area contributed by atoms with Crippen molar-refractivity contribution in [3.63, 3.8) is 0 Å². The van der Waals surface area contributed by atoms with Gasteiger partial charge in [-0.1, -0.05) is 170 Å². The largest absolute Gasteiger partial charge is 0.292 e. The molecule has 0 spiro atoms. The SMILES string of the molecule is c1ccc(-c2nc(-c3ccccc3)c(-c3ccc(-c4nc5ccccc5n4-c4ccccc4)cc3)cc2-c2ccc(-c3nc4ccccc4n3-c3ccccc3)cc2)cc1. The number of hydrogen-bond acceptors (Lipinski definition) is 3. The fourth-order valence-electron chi connectivity index (χ4n) is 8.30. The van der Waals surface area contributed by atoms with Crippen LogP contribution in [0.2, 0.25) is 0 Å². The van der Waals surface area contributed by atoms with E-state index in [2.05, 4.69) is 209 Å². The van der Waals surface area contributed by atoms with Crippen LogP contribution in [0.15, 0.2) is 224 Å². The smallest absolute Gasteiger partial charge is 0.145 e. The molecule has 60 heavy (non-hydrogen) atoms. The maximum atomic E-state index is 5.56. The van der Waals surface area contributed by atoms with Gasteiger partial charge in [0.2, 0.25) is 0 Å². The Morgan fingerprint density at radius 2 is 0.600 bits per heavy atom. The lowest BCUT2D eigenvalue weighted by atomic mass is 9.91. The van der Waals surface area contributed by atoms with Crippen LogP contribution in [-0.4, -0.2) is 24.1 Å². The lowest BCUT2D eigenvalue weighted by Crippen LogP contribution is -1.99. The fourth-order valence-corrected chi connectivity index (χ4v) is 8.30. The first-order valence-corrected chi connectivity index (χ1v) is 20.2. The average Bonchev–Trinajstić information content (AvgIpc) is 3.92. The van der Waals surface area contributed by atoms with Crippen molar-refractivity contribution in [2.45, 2.75) is 0 Å². The molecule has 0 saturated heterocycles. The van der Waals surface area contributed by atoms with Crippen LogP contribution in [-0.2, 0) is 0 Å². The van der Waals surface area contributed by atoms with Gasteiger partial charge in [0.25, 0.3) is 0 Å². The Morgan fingerprint density at radius 1 is 0.267 bits per heavy atom. The minimum Gasteiger partial charge on any atom is -0.292 e. The number of aromatic nitrogens is 5. The van der Waals surface area contributed by atoms with E-state index in [9.17, 15) is 0 Å². The summed E-state index contributed by atoms with van der Waals surface area (Å²) in [5.74, 6) is 1.80. The molecule has 5 nitrogen and oxygen atoms in total. The van der Waals surface area contributed by atoms with Crippen LogP contribution in [0.3, 0.4) is 0 Å². The lowest BCUT2D eigenvalue weighted by Gasteiger charge is -2.18. The summed E-state index contributed by atoms with van der Waals surface area (Å²) < 4.78 is 4.49. The monoisotopic (exact) mass is 767 g/mol. The Labute approximate surface area is 348 Å². The maximum Gasteiger partial charge on any atom is 0.145 e. The lowest BCUT2D eigenvalue weighted by molar-refractivity contribution is 1.10. The zero-order chi connectivity index (χ0) is 39.8. The Kier molecular flexibility index (Phi) is 8.75. The van der Waals surface area contributed by atoms with Crippen LogP contribution in [0, 0.1) is 0 Å². The van der Waals surface area contributed by atoms with Gasteiger partial charge in [0.05, 0.1) is 33.5 Å². The topological polar surface area (TPSA) is 48.5 Å². The Morgan fingerprint density at radius 3 is 1.00 bits per heavy atom. The number of benzene rings is 8. The normalized spacial score (nSPS) is 11.3. The molecule has 282 valence electrons. The van der Waals surface area contributed by atoms with Gasteiger partial charge in [-0.05, 0) is 65.7 Å². The fraction of sp³-hybridized carbons (Fsp3) is 0. The second-order valence-electron chi connectivity index (χ2n) is 14.9. The van der Waals surface area contributed by atoms with Crippen LogP contribution in [0.4, 0.5) is 0 Å². The van der Waals surface area contributed by atoms with Crippen molar-refractivity contribution in [3.8, 4) is 78.9 Å². The molecule has 11 rings (SSSR count). The number of pyridine rings is 1. The standard InChI is InChI=1S/C55H37N5/c1-5-17-40(18-6-1)52-46(38-29-33-42(34-30-38)54-56-48-25-13-15-27-50(48)59(54)44-21-9-3-10-22-44)37-47(53(58-52)41-19-7-2-8-20-41)39-31-35-43(36-32-39)55-57-49-26-14-16-28-51(49)60(55)45-23-11-4-12-24-45/h1-37H. The highest BCUT2D eigenvalue weighted by Crippen LogP contribution is 2.41. The number of para-hydroxylation sites is 6. The molecule has 0 unspecified atom stereocenters. The highest BCUT2D eigenvalue weighted by Gasteiger charge is 2.20. The van der Waals surface area contributed by atoms with Crippen LogP contribution in [0.5, 0.6) is 0 Å². The molecule has 0 bridgehead atoms. The summed E-state index contributed by atoms with van der Waals surface area (Å²) in [7, 11) is 0. The number of fused-ring (bicyclic) bond motifs is 2. The van der Waals surface area contributed by atoms with Gasteiger partial charge in [0, 0.05) is 44.8 Å². The van der Waals surface area contributed by atoms with Crippen LogP contribution in [0.25, 0.3) is 101 Å². The second-order valence-corrected chi connectivity index (χ2v) is 14.9. The van der Waals surface area contributed by atoms with Crippen molar-refractivity contribution in [2.75, 3.05) is 0 Å². The summed E-state index contributed by atoms with van der Waals surface area (Å²) in [6.45, 7) is 0. The summed E-state index contributed by atoms with van der Waals surface area (Å²) in [4.78, 5) is 15.8. The highest BCUT2D eigenvalue weighted by molar-refractivity contribution is 5.92. The van der Waals surface area contributed by atoms with E-state index in [0.29, 0.717) is 0 Å². The summed E-state index contributed by atoms with van der Waals surface area (Å²) >= 11 is 0. The Hall–Kier alpha value is -8.15. The molecule has 3 aromatic heterocycles. The van der Waals surface area contributed by atoms with Crippen LogP contribution in [0.1, 0.15) is 0 Å². The van der Waals surface area contributed by atoms with Crippen molar-refractivity contribution in [3.05, 3.63) is 224 Å². The van der Waals surface area contributed by atoms with Crippen LogP contribution < -0.4 is 0 Å². The average molecular weight is 768 g/mol. The molecule has 11 aromatic rings. The number of nitrogens with zero attached hydrogens (tertiary/aromatic N) is 5. The van der Waals surface area contributed by atoms with E-state index in [-0.39, 0.29) is 0 Å². The number of rotatable bonds is 8. The molecule has 0 N–H and O–H groups in total. The van der Waals surface area contributed by atoms with E-state index in [4.69, 9.17) is 15.0 Å². The molecule has 0 radical (unpaired) electrons. The van der Waals surface area contributed by atoms with E-state index in [0.717, 1.165) is 101 Å². The van der Waals surface area contributed by atoms with Gasteiger partial charge in [-0.25, -0.2) is 15.0 Å². The van der Waals surface area contributed by atoms with Gasteiger partial charge < -0.3 is 0 Å². The molecule has 0 aliphatic rings. The molecule has 0 aliphatic carbocycles. The minimum absolute atomic E-state index is 0.899. The van der Waals surface area contributed by atoms with E-state index in [1.165, 1.54) is 0 Å². The van der Waals surface area contributed by atoms with Crippen molar-refractivity contribution < 1.29 is 0 Å². The first kappa shape index (κ1) is 35.0. The first-order chi connectivity index (χ1) is 29.8. The van der Waals surface area contributed by atoms with Crippen molar-refractivity contribution in [1.29, 1.82) is 0 Å². The van der Waals surface area contributed by atoms with Crippen molar-refractivity contribution in [2.24, 2.45) is 0 Å². The van der Waals surface area contributed by atoms with Gasteiger partial charge in [0.1, 0.15) is 11.6 Å². The molecule has 5 heteroatoms. The van der Waals surface area contributed by atoms with Crippen molar-refractivity contribution in [1.82, 2.24) is 24.1 Å². The molecular weight excluding hydrogens is 731 g/mol. The number of hydrogen-bond donors (Lipinski definition) is 0. The Bertz CT molecular complexity index is 3040. The van der Waals surface area contributed by atoms with Gasteiger partial charge in [-0.3, -0.25) is 9.13 Å². The molecule has 0 aliphatic heterocycles. The Balaban J connectivity index is 1.06. The third kappa shape index (κ3) is 6.26. The molecule has 3 heterocycles. The van der Waals surface area contributed by atoms with Gasteiger partial charge in [-0.15, -0.1) is 0 Å². The van der Waals surface area contributed by atoms with Gasteiger partial charge in [-0.2, -0.15) is 0 Å². The molecule has 0 fully saturated rings. The molecule has 0 saturated carbocycles. The van der Waals surface area contributed by atoms with Gasteiger partial charge >= 0.3 is 0 Å². The first-order valence-electron chi connectivity index (χ1n) is 20.2. The van der Waals surface area contributed by atoms with Crippen LogP contribution >= 0.6 is 0 Å². The maximum absolute atomic E-state index is 5.56. The quantitative estimate of drug-likeness (QED) is 0.155. The summed E-state index contributed by atoms with van der Waals surface area (Å²) in [6.07, 6.45) is 0.